The van der Waals surface area contributed by atoms with Gasteiger partial charge in [-0.1, -0.05) is 18.2 Å². The van der Waals surface area contributed by atoms with E-state index >= 15 is 0 Å². The van der Waals surface area contributed by atoms with Gasteiger partial charge in [0.2, 0.25) is 0 Å². The number of thiophene rings is 1. The van der Waals surface area contributed by atoms with Crippen LogP contribution in [0.4, 0.5) is 0 Å². The van der Waals surface area contributed by atoms with E-state index in [4.69, 9.17) is 11.5 Å². The molecule has 0 aliphatic heterocycles. The number of fused-ring (bicyclic) bond motifs is 1. The smallest absolute Gasteiger partial charge is 0.0378 e. The fourth-order valence-corrected chi connectivity index (χ4v) is 3.37. The van der Waals surface area contributed by atoms with Crippen LogP contribution in [0.15, 0.2) is 29.6 Å². The molecular weight excluding hydrogens is 216 g/mol. The van der Waals surface area contributed by atoms with Gasteiger partial charge in [0.25, 0.3) is 0 Å². The van der Waals surface area contributed by atoms with Crippen molar-refractivity contribution in [2.75, 3.05) is 6.54 Å². The maximum atomic E-state index is 6.38. The summed E-state index contributed by atoms with van der Waals surface area (Å²) in [7, 11) is 0. The van der Waals surface area contributed by atoms with Gasteiger partial charge in [-0.25, -0.2) is 0 Å². The first-order valence-corrected chi connectivity index (χ1v) is 6.57. The van der Waals surface area contributed by atoms with Crippen molar-refractivity contribution < 1.29 is 0 Å². The minimum absolute atomic E-state index is 0.105. The molecule has 16 heavy (non-hydrogen) atoms. The quantitative estimate of drug-likeness (QED) is 0.854. The summed E-state index contributed by atoms with van der Waals surface area (Å²) < 4.78 is 1.32. The van der Waals surface area contributed by atoms with Gasteiger partial charge in [0.1, 0.15) is 0 Å². The Balaban J connectivity index is 2.06. The number of nitrogens with two attached hydrogens (primary N) is 2. The number of benzene rings is 1. The summed E-state index contributed by atoms with van der Waals surface area (Å²) in [6, 6.07) is 8.57. The summed E-state index contributed by atoms with van der Waals surface area (Å²) >= 11 is 1.78. The number of hydrogen-bond donors (Lipinski definition) is 2. The third-order valence-corrected chi connectivity index (χ3v) is 4.79. The molecule has 2 aromatic rings. The highest BCUT2D eigenvalue weighted by atomic mass is 32.1. The van der Waals surface area contributed by atoms with Crippen LogP contribution in [0, 0.1) is 5.41 Å². The first-order chi connectivity index (χ1) is 7.77. The summed E-state index contributed by atoms with van der Waals surface area (Å²) in [6.07, 6.45) is 2.35. The Hall–Kier alpha value is -0.900. The van der Waals surface area contributed by atoms with Gasteiger partial charge in [0.05, 0.1) is 0 Å². The van der Waals surface area contributed by atoms with Crippen LogP contribution >= 0.6 is 11.3 Å². The molecule has 1 fully saturated rings. The molecule has 1 atom stereocenters. The lowest BCUT2D eigenvalue weighted by atomic mass is 9.91. The molecule has 1 aliphatic carbocycles. The molecule has 84 valence electrons. The molecule has 2 nitrogen and oxygen atoms in total. The lowest BCUT2D eigenvalue weighted by Crippen LogP contribution is -2.29. The van der Waals surface area contributed by atoms with E-state index in [1.165, 1.54) is 28.5 Å². The zero-order valence-corrected chi connectivity index (χ0v) is 9.96. The summed E-state index contributed by atoms with van der Waals surface area (Å²) in [4.78, 5) is 0. The zero-order chi connectivity index (χ0) is 11.2. The maximum absolute atomic E-state index is 6.38. The van der Waals surface area contributed by atoms with Gasteiger partial charge in [-0.05, 0) is 41.8 Å². The highest BCUT2D eigenvalue weighted by molar-refractivity contribution is 7.17. The van der Waals surface area contributed by atoms with E-state index in [-0.39, 0.29) is 11.5 Å². The number of hydrogen-bond acceptors (Lipinski definition) is 3. The predicted octanol–water partition coefficient (Wildman–Crippen LogP) is 2.64. The average molecular weight is 232 g/mol. The van der Waals surface area contributed by atoms with E-state index < -0.39 is 0 Å². The van der Waals surface area contributed by atoms with Crippen molar-refractivity contribution in [3.8, 4) is 0 Å². The predicted molar refractivity (Wildman–Crippen MR) is 69.5 cm³/mol. The van der Waals surface area contributed by atoms with Crippen molar-refractivity contribution >= 4 is 21.4 Å². The molecule has 0 spiro atoms. The maximum Gasteiger partial charge on any atom is 0.0378 e. The molecule has 1 aromatic carbocycles. The van der Waals surface area contributed by atoms with E-state index in [9.17, 15) is 0 Å². The number of rotatable bonds is 3. The lowest BCUT2D eigenvalue weighted by molar-refractivity contribution is 0.422. The Morgan fingerprint density at radius 1 is 1.31 bits per heavy atom. The molecule has 1 heterocycles. The van der Waals surface area contributed by atoms with Gasteiger partial charge in [-0.2, -0.15) is 0 Å². The molecule has 1 aromatic heterocycles. The molecule has 0 radical (unpaired) electrons. The monoisotopic (exact) mass is 232 g/mol. The van der Waals surface area contributed by atoms with Crippen molar-refractivity contribution in [2.45, 2.75) is 18.9 Å². The van der Waals surface area contributed by atoms with Crippen molar-refractivity contribution in [3.05, 3.63) is 35.2 Å². The first-order valence-electron chi connectivity index (χ1n) is 5.69. The van der Waals surface area contributed by atoms with Crippen LogP contribution in [-0.4, -0.2) is 6.54 Å². The Kier molecular flexibility index (Phi) is 2.28. The molecule has 0 saturated heterocycles. The molecule has 1 saturated carbocycles. The van der Waals surface area contributed by atoms with Crippen LogP contribution in [0.25, 0.3) is 10.1 Å². The molecular formula is C13H16N2S. The fourth-order valence-electron chi connectivity index (χ4n) is 2.37. The van der Waals surface area contributed by atoms with E-state index in [1.807, 2.05) is 0 Å². The van der Waals surface area contributed by atoms with Crippen LogP contribution in [-0.2, 0) is 0 Å². The molecule has 3 heteroatoms. The van der Waals surface area contributed by atoms with Gasteiger partial charge >= 0.3 is 0 Å². The third-order valence-electron chi connectivity index (χ3n) is 3.80. The largest absolute Gasteiger partial charge is 0.330 e. The normalized spacial score (nSPS) is 19.9. The summed E-state index contributed by atoms with van der Waals surface area (Å²) in [6.45, 7) is 0.707. The summed E-state index contributed by atoms with van der Waals surface area (Å²) in [5, 5.41) is 3.50. The minimum Gasteiger partial charge on any atom is -0.330 e. The van der Waals surface area contributed by atoms with Gasteiger partial charge in [0.15, 0.2) is 0 Å². The SMILES string of the molecule is NCC1(C(N)c2csc3ccccc23)CC1. The van der Waals surface area contributed by atoms with Crippen molar-refractivity contribution in [3.63, 3.8) is 0 Å². The molecule has 4 N–H and O–H groups in total. The second kappa shape index (κ2) is 3.55. The van der Waals surface area contributed by atoms with Crippen molar-refractivity contribution in [1.29, 1.82) is 0 Å². The van der Waals surface area contributed by atoms with E-state index in [0.717, 1.165) is 0 Å². The van der Waals surface area contributed by atoms with Gasteiger partial charge in [0, 0.05) is 16.2 Å². The second-order valence-electron chi connectivity index (χ2n) is 4.73. The van der Waals surface area contributed by atoms with Crippen molar-refractivity contribution in [2.24, 2.45) is 16.9 Å². The third kappa shape index (κ3) is 1.39. The molecule has 0 amide bonds. The van der Waals surface area contributed by atoms with Gasteiger partial charge in [-0.15, -0.1) is 11.3 Å². The Morgan fingerprint density at radius 2 is 2.06 bits per heavy atom. The van der Waals surface area contributed by atoms with E-state index in [2.05, 4.69) is 29.6 Å². The first kappa shape index (κ1) is 10.3. The van der Waals surface area contributed by atoms with Crippen LogP contribution in [0.2, 0.25) is 0 Å². The second-order valence-corrected chi connectivity index (χ2v) is 5.64. The van der Waals surface area contributed by atoms with E-state index in [0.29, 0.717) is 6.54 Å². The van der Waals surface area contributed by atoms with E-state index in [1.54, 1.807) is 11.3 Å². The molecule has 1 aliphatic rings. The lowest BCUT2D eigenvalue weighted by Gasteiger charge is -2.21. The van der Waals surface area contributed by atoms with Gasteiger partial charge < -0.3 is 11.5 Å². The minimum atomic E-state index is 0.105. The van der Waals surface area contributed by atoms with Crippen LogP contribution in [0.5, 0.6) is 0 Å². The zero-order valence-electron chi connectivity index (χ0n) is 9.15. The standard InChI is InChI=1S/C13H16N2S/c14-8-13(5-6-13)12(15)10-7-16-11-4-2-1-3-9(10)11/h1-4,7,12H,5-6,8,14-15H2. The Labute approximate surface area is 99.3 Å². The fraction of sp³-hybridized carbons (Fsp3) is 0.385. The van der Waals surface area contributed by atoms with Gasteiger partial charge in [-0.3, -0.25) is 0 Å². The Bertz CT molecular complexity index is 513. The van der Waals surface area contributed by atoms with Crippen LogP contribution in [0.3, 0.4) is 0 Å². The van der Waals surface area contributed by atoms with Crippen molar-refractivity contribution in [1.82, 2.24) is 0 Å². The van der Waals surface area contributed by atoms with Crippen LogP contribution < -0.4 is 11.5 Å². The highest BCUT2D eigenvalue weighted by Gasteiger charge is 2.47. The molecule has 3 rings (SSSR count). The molecule has 0 bridgehead atoms. The average Bonchev–Trinajstić information content (AvgIpc) is 3.02. The Morgan fingerprint density at radius 3 is 2.75 bits per heavy atom. The highest BCUT2D eigenvalue weighted by Crippen LogP contribution is 2.54. The molecule has 1 unspecified atom stereocenters. The summed E-state index contributed by atoms with van der Waals surface area (Å²) in [5.74, 6) is 0. The summed E-state index contributed by atoms with van der Waals surface area (Å²) in [5.41, 5.74) is 13.7. The topological polar surface area (TPSA) is 52.0 Å². The van der Waals surface area contributed by atoms with Crippen LogP contribution in [0.1, 0.15) is 24.4 Å².